The van der Waals surface area contributed by atoms with Crippen molar-refractivity contribution < 1.29 is 9.90 Å². The van der Waals surface area contributed by atoms with Crippen molar-refractivity contribution >= 4 is 52.0 Å². The summed E-state index contributed by atoms with van der Waals surface area (Å²) >= 11 is 13.4. The van der Waals surface area contributed by atoms with E-state index < -0.39 is 5.97 Å². The number of nitrogens with zero attached hydrogens (tertiary/aromatic N) is 2. The third-order valence-corrected chi connectivity index (χ3v) is 5.37. The topological polar surface area (TPSA) is 55.1 Å². The van der Waals surface area contributed by atoms with Gasteiger partial charge in [0.1, 0.15) is 0 Å². The molecule has 0 spiro atoms. The van der Waals surface area contributed by atoms with Gasteiger partial charge < -0.3 is 9.67 Å². The third kappa shape index (κ3) is 3.00. The largest absolute Gasteiger partial charge is 0.481 e. The minimum Gasteiger partial charge on any atom is -0.481 e. The summed E-state index contributed by atoms with van der Waals surface area (Å²) in [5, 5.41) is 10.6. The first-order valence-electron chi connectivity index (χ1n) is 6.78. The number of thioether (sulfide) groups is 1. The van der Waals surface area contributed by atoms with Gasteiger partial charge in [-0.2, -0.15) is 0 Å². The molecular formula is C14H14Cl2N2O2S. The van der Waals surface area contributed by atoms with Crippen LogP contribution in [0.15, 0.2) is 17.3 Å². The summed E-state index contributed by atoms with van der Waals surface area (Å²) in [4.78, 5) is 15.4. The highest BCUT2D eigenvalue weighted by atomic mass is 35.5. The lowest BCUT2D eigenvalue weighted by atomic mass is 10.2. The Morgan fingerprint density at radius 1 is 1.33 bits per heavy atom. The quantitative estimate of drug-likeness (QED) is 0.821. The summed E-state index contributed by atoms with van der Waals surface area (Å²) in [6.07, 6.45) is 4.56. The monoisotopic (exact) mass is 344 g/mol. The minimum absolute atomic E-state index is 0.00247. The van der Waals surface area contributed by atoms with Gasteiger partial charge in [-0.25, -0.2) is 4.98 Å². The lowest BCUT2D eigenvalue weighted by Gasteiger charge is -2.15. The van der Waals surface area contributed by atoms with Crippen molar-refractivity contribution in [2.75, 3.05) is 5.75 Å². The number of hydrogen-bond donors (Lipinski definition) is 1. The molecule has 1 N–H and O–H groups in total. The Balaban J connectivity index is 2.10. The summed E-state index contributed by atoms with van der Waals surface area (Å²) in [6, 6.07) is 3.94. The predicted molar refractivity (Wildman–Crippen MR) is 85.6 cm³/mol. The molecule has 0 unspecified atom stereocenters. The van der Waals surface area contributed by atoms with E-state index in [9.17, 15) is 4.79 Å². The lowest BCUT2D eigenvalue weighted by Crippen LogP contribution is -2.07. The van der Waals surface area contributed by atoms with E-state index in [1.807, 2.05) is 6.07 Å². The van der Waals surface area contributed by atoms with E-state index >= 15 is 0 Å². The van der Waals surface area contributed by atoms with Crippen LogP contribution >= 0.6 is 35.0 Å². The average Bonchev–Trinajstić information content (AvgIpc) is 3.04. The van der Waals surface area contributed by atoms with Crippen LogP contribution < -0.4 is 0 Å². The molecule has 0 radical (unpaired) electrons. The van der Waals surface area contributed by atoms with E-state index in [0.717, 1.165) is 29.0 Å². The van der Waals surface area contributed by atoms with Crippen molar-refractivity contribution in [1.82, 2.24) is 9.55 Å². The number of rotatable bonds is 4. The van der Waals surface area contributed by atoms with Gasteiger partial charge in [0.15, 0.2) is 5.16 Å². The molecule has 4 nitrogen and oxygen atoms in total. The fourth-order valence-corrected chi connectivity index (χ4v) is 3.93. The van der Waals surface area contributed by atoms with Crippen molar-refractivity contribution in [2.45, 2.75) is 36.9 Å². The van der Waals surface area contributed by atoms with Crippen LogP contribution in [0.5, 0.6) is 0 Å². The van der Waals surface area contributed by atoms with Crippen molar-refractivity contribution in [3.63, 3.8) is 0 Å². The fourth-order valence-electron chi connectivity index (χ4n) is 2.81. The molecule has 1 saturated carbocycles. The summed E-state index contributed by atoms with van der Waals surface area (Å²) in [7, 11) is 0. The first kappa shape index (κ1) is 15.0. The Labute approximate surface area is 136 Å². The molecule has 3 rings (SSSR count). The molecule has 1 heterocycles. The van der Waals surface area contributed by atoms with Crippen LogP contribution in [0.1, 0.15) is 31.7 Å². The number of halogens is 2. The number of carbonyl (C=O) groups is 1. The molecule has 0 aliphatic heterocycles. The van der Waals surface area contributed by atoms with E-state index in [-0.39, 0.29) is 5.75 Å². The third-order valence-electron chi connectivity index (χ3n) is 3.71. The van der Waals surface area contributed by atoms with E-state index in [0.29, 0.717) is 16.1 Å². The zero-order valence-corrected chi connectivity index (χ0v) is 13.5. The van der Waals surface area contributed by atoms with Crippen molar-refractivity contribution in [1.29, 1.82) is 0 Å². The zero-order chi connectivity index (χ0) is 15.0. The summed E-state index contributed by atoms with van der Waals surface area (Å²) in [5.74, 6) is -0.849. The minimum atomic E-state index is -0.846. The first-order valence-corrected chi connectivity index (χ1v) is 8.52. The molecule has 1 fully saturated rings. The highest BCUT2D eigenvalue weighted by Crippen LogP contribution is 2.38. The molecule has 0 amide bonds. The second kappa shape index (κ2) is 6.07. The van der Waals surface area contributed by atoms with Gasteiger partial charge in [0.05, 0.1) is 26.8 Å². The Morgan fingerprint density at radius 3 is 2.67 bits per heavy atom. The van der Waals surface area contributed by atoms with Gasteiger partial charge in [0, 0.05) is 6.04 Å². The number of carboxylic acid groups (broad SMARTS) is 1. The SMILES string of the molecule is O=C(O)CSc1nc2cc(Cl)c(Cl)cc2n1C1CCCC1. The normalized spacial score (nSPS) is 15.9. The molecule has 1 aliphatic carbocycles. The molecule has 7 heteroatoms. The Bertz CT molecular complexity index is 696. The molecule has 2 aromatic rings. The van der Waals surface area contributed by atoms with Gasteiger partial charge in [-0.05, 0) is 25.0 Å². The van der Waals surface area contributed by atoms with Crippen LogP contribution in [0.25, 0.3) is 11.0 Å². The Hall–Kier alpha value is -0.910. The van der Waals surface area contributed by atoms with Gasteiger partial charge in [0.25, 0.3) is 0 Å². The van der Waals surface area contributed by atoms with Crippen molar-refractivity contribution in [3.05, 3.63) is 22.2 Å². The average molecular weight is 345 g/mol. The summed E-state index contributed by atoms with van der Waals surface area (Å²) in [6.45, 7) is 0. The zero-order valence-electron chi connectivity index (χ0n) is 11.2. The van der Waals surface area contributed by atoms with Gasteiger partial charge in [0.2, 0.25) is 0 Å². The number of aromatic nitrogens is 2. The molecule has 0 bridgehead atoms. The molecule has 1 aromatic carbocycles. The van der Waals surface area contributed by atoms with Crippen LogP contribution in [0, 0.1) is 0 Å². The van der Waals surface area contributed by atoms with Gasteiger partial charge in [-0.1, -0.05) is 47.8 Å². The van der Waals surface area contributed by atoms with E-state index in [1.165, 1.54) is 24.6 Å². The number of hydrogen-bond acceptors (Lipinski definition) is 3. The van der Waals surface area contributed by atoms with Crippen LogP contribution in [0.3, 0.4) is 0 Å². The second-order valence-corrected chi connectivity index (χ2v) is 6.90. The highest BCUT2D eigenvalue weighted by Gasteiger charge is 2.24. The Kier molecular flexibility index (Phi) is 4.33. The molecular weight excluding hydrogens is 331 g/mol. The van der Waals surface area contributed by atoms with Crippen molar-refractivity contribution in [2.24, 2.45) is 0 Å². The van der Waals surface area contributed by atoms with Crippen LogP contribution in [-0.4, -0.2) is 26.4 Å². The van der Waals surface area contributed by atoms with E-state index in [4.69, 9.17) is 28.3 Å². The maximum absolute atomic E-state index is 10.8. The van der Waals surface area contributed by atoms with E-state index in [1.54, 1.807) is 6.07 Å². The number of fused-ring (bicyclic) bond motifs is 1. The molecule has 1 aromatic heterocycles. The van der Waals surface area contributed by atoms with E-state index in [2.05, 4.69) is 9.55 Å². The number of aliphatic carboxylic acids is 1. The summed E-state index contributed by atoms with van der Waals surface area (Å²) < 4.78 is 2.14. The number of imidazole rings is 1. The van der Waals surface area contributed by atoms with Gasteiger partial charge >= 0.3 is 5.97 Å². The van der Waals surface area contributed by atoms with Gasteiger partial charge in [-0.3, -0.25) is 4.79 Å². The maximum atomic E-state index is 10.8. The first-order chi connectivity index (χ1) is 10.1. The maximum Gasteiger partial charge on any atom is 0.313 e. The molecule has 0 atom stereocenters. The number of carboxylic acids is 1. The predicted octanol–water partition coefficient (Wildman–Crippen LogP) is 4.63. The van der Waals surface area contributed by atoms with Crippen LogP contribution in [-0.2, 0) is 4.79 Å². The standard InChI is InChI=1S/C14H14Cl2N2O2S/c15-9-5-11-12(6-10(9)16)18(8-3-1-2-4-8)14(17-11)21-7-13(19)20/h5-6,8H,1-4,7H2,(H,19,20). The van der Waals surface area contributed by atoms with Crippen molar-refractivity contribution in [3.8, 4) is 0 Å². The molecule has 0 saturated heterocycles. The smallest absolute Gasteiger partial charge is 0.313 e. The van der Waals surface area contributed by atoms with Crippen LogP contribution in [0.4, 0.5) is 0 Å². The molecule has 1 aliphatic rings. The highest BCUT2D eigenvalue weighted by molar-refractivity contribution is 7.99. The molecule has 21 heavy (non-hydrogen) atoms. The Morgan fingerprint density at radius 2 is 2.00 bits per heavy atom. The lowest BCUT2D eigenvalue weighted by molar-refractivity contribution is -0.133. The number of benzene rings is 1. The molecule has 112 valence electrons. The fraction of sp³-hybridized carbons (Fsp3) is 0.429. The van der Waals surface area contributed by atoms with Crippen LogP contribution in [0.2, 0.25) is 10.0 Å². The summed E-state index contributed by atoms with van der Waals surface area (Å²) in [5.41, 5.74) is 1.70. The second-order valence-electron chi connectivity index (χ2n) is 5.14. The van der Waals surface area contributed by atoms with Gasteiger partial charge in [-0.15, -0.1) is 0 Å².